The third kappa shape index (κ3) is 2.45. The van der Waals surface area contributed by atoms with Crippen LogP contribution in [0.1, 0.15) is 11.3 Å². The van der Waals surface area contributed by atoms with Gasteiger partial charge in [0, 0.05) is 18.8 Å². The Morgan fingerprint density at radius 1 is 1.10 bits per heavy atom. The number of hydrogen-bond donors (Lipinski definition) is 2. The monoisotopic (exact) mass is 266 g/mol. The molecule has 0 radical (unpaired) electrons. The number of hydrogen-bond acceptors (Lipinski definition) is 3. The maximum atomic E-state index is 5.62. The zero-order valence-electron chi connectivity index (χ0n) is 11.7. The Balaban J connectivity index is 1.87. The van der Waals surface area contributed by atoms with Gasteiger partial charge in [-0.2, -0.15) is 5.10 Å². The van der Waals surface area contributed by atoms with Gasteiger partial charge in [-0.05, 0) is 29.8 Å². The van der Waals surface area contributed by atoms with E-state index in [1.807, 2.05) is 6.07 Å². The number of anilines is 2. The fourth-order valence-electron chi connectivity index (χ4n) is 2.40. The maximum absolute atomic E-state index is 5.62. The Labute approximate surface area is 118 Å². The predicted octanol–water partition coefficient (Wildman–Crippen LogP) is 3.09. The molecule has 0 atom stereocenters. The lowest BCUT2D eigenvalue weighted by molar-refractivity contribution is 0.871. The Hall–Kier alpha value is -2.49. The summed E-state index contributed by atoms with van der Waals surface area (Å²) >= 11 is 0. The number of fused-ring (bicyclic) bond motifs is 1. The largest absolute Gasteiger partial charge is 0.382 e. The third-order valence-electron chi connectivity index (χ3n) is 3.48. The van der Waals surface area contributed by atoms with Gasteiger partial charge in [-0.15, -0.1) is 0 Å². The van der Waals surface area contributed by atoms with Gasteiger partial charge in [0.1, 0.15) is 5.82 Å². The molecular weight excluding hydrogens is 248 g/mol. The minimum absolute atomic E-state index is 0.530. The van der Waals surface area contributed by atoms with Crippen molar-refractivity contribution in [2.45, 2.75) is 13.5 Å². The fourth-order valence-corrected chi connectivity index (χ4v) is 2.40. The molecule has 0 saturated heterocycles. The molecule has 2 aromatic carbocycles. The van der Waals surface area contributed by atoms with E-state index in [4.69, 9.17) is 5.73 Å². The molecule has 0 unspecified atom stereocenters. The van der Waals surface area contributed by atoms with Gasteiger partial charge in [-0.25, -0.2) is 0 Å². The maximum Gasteiger partial charge on any atom is 0.145 e. The Kier molecular flexibility index (Phi) is 3.06. The third-order valence-corrected chi connectivity index (χ3v) is 3.48. The van der Waals surface area contributed by atoms with Gasteiger partial charge in [-0.3, -0.25) is 5.10 Å². The molecule has 102 valence electrons. The molecule has 0 saturated carbocycles. The molecule has 0 spiro atoms. The summed E-state index contributed by atoms with van der Waals surface area (Å²) in [5, 5.41) is 9.41. The molecule has 3 aromatic rings. The highest BCUT2D eigenvalue weighted by molar-refractivity contribution is 5.86. The highest BCUT2D eigenvalue weighted by atomic mass is 15.2. The van der Waals surface area contributed by atoms with Crippen LogP contribution < -0.4 is 10.6 Å². The van der Waals surface area contributed by atoms with Crippen molar-refractivity contribution in [1.29, 1.82) is 0 Å². The first kappa shape index (κ1) is 12.5. The van der Waals surface area contributed by atoms with E-state index < -0.39 is 0 Å². The summed E-state index contributed by atoms with van der Waals surface area (Å²) in [5.74, 6) is 0.530. The number of aromatic nitrogens is 2. The average Bonchev–Trinajstić information content (AvgIpc) is 2.83. The van der Waals surface area contributed by atoms with Crippen molar-refractivity contribution < 1.29 is 0 Å². The summed E-state index contributed by atoms with van der Waals surface area (Å²) in [7, 11) is 2.06. The van der Waals surface area contributed by atoms with Gasteiger partial charge in [0.25, 0.3) is 0 Å². The second-order valence-electron chi connectivity index (χ2n) is 5.21. The SMILES string of the molecule is Cc1ccc2cc(N(C)Cc3cc(N)n[nH]3)ccc2c1. The summed E-state index contributed by atoms with van der Waals surface area (Å²) in [5.41, 5.74) is 9.09. The summed E-state index contributed by atoms with van der Waals surface area (Å²) < 4.78 is 0. The number of benzene rings is 2. The van der Waals surface area contributed by atoms with E-state index in [0.717, 1.165) is 12.2 Å². The smallest absolute Gasteiger partial charge is 0.145 e. The zero-order valence-corrected chi connectivity index (χ0v) is 11.7. The standard InChI is InChI=1S/C16H18N4/c1-11-3-4-13-8-15(6-5-12(13)7-11)20(2)10-14-9-16(17)19-18-14/h3-9H,10H2,1-2H3,(H3,17,18,19). The van der Waals surface area contributed by atoms with Crippen molar-refractivity contribution in [2.75, 3.05) is 17.7 Å². The molecule has 3 rings (SSSR count). The van der Waals surface area contributed by atoms with Crippen molar-refractivity contribution in [2.24, 2.45) is 0 Å². The van der Waals surface area contributed by atoms with Crippen molar-refractivity contribution in [3.05, 3.63) is 53.7 Å². The number of rotatable bonds is 3. The van der Waals surface area contributed by atoms with Gasteiger partial charge in [0.2, 0.25) is 0 Å². The lowest BCUT2D eigenvalue weighted by Crippen LogP contribution is -2.16. The van der Waals surface area contributed by atoms with Crippen LogP contribution >= 0.6 is 0 Å². The molecule has 1 aromatic heterocycles. The molecule has 0 fully saturated rings. The zero-order chi connectivity index (χ0) is 14.1. The van der Waals surface area contributed by atoms with Gasteiger partial charge >= 0.3 is 0 Å². The van der Waals surface area contributed by atoms with Crippen LogP contribution in [-0.4, -0.2) is 17.2 Å². The molecule has 3 N–H and O–H groups in total. The first-order chi connectivity index (χ1) is 9.61. The first-order valence-electron chi connectivity index (χ1n) is 6.63. The van der Waals surface area contributed by atoms with Gasteiger partial charge in [0.15, 0.2) is 0 Å². The number of aryl methyl sites for hydroxylation is 1. The van der Waals surface area contributed by atoms with Gasteiger partial charge in [0.05, 0.1) is 12.2 Å². The van der Waals surface area contributed by atoms with E-state index in [-0.39, 0.29) is 0 Å². The number of nitrogens with one attached hydrogen (secondary N) is 1. The quantitative estimate of drug-likeness (QED) is 0.766. The van der Waals surface area contributed by atoms with Crippen molar-refractivity contribution in [1.82, 2.24) is 10.2 Å². The van der Waals surface area contributed by atoms with Crippen molar-refractivity contribution in [3.63, 3.8) is 0 Å². The summed E-state index contributed by atoms with van der Waals surface area (Å²) in [6.45, 7) is 2.86. The van der Waals surface area contributed by atoms with E-state index in [1.165, 1.54) is 22.0 Å². The topological polar surface area (TPSA) is 57.9 Å². The number of aromatic amines is 1. The minimum Gasteiger partial charge on any atom is -0.382 e. The van der Waals surface area contributed by atoms with Crippen LogP contribution in [0, 0.1) is 6.92 Å². The molecule has 0 aliphatic carbocycles. The number of nitrogens with two attached hydrogens (primary N) is 1. The van der Waals surface area contributed by atoms with Crippen molar-refractivity contribution in [3.8, 4) is 0 Å². The van der Waals surface area contributed by atoms with Crippen LogP contribution in [0.15, 0.2) is 42.5 Å². The number of nitrogen functional groups attached to an aromatic ring is 1. The molecule has 4 nitrogen and oxygen atoms in total. The van der Waals surface area contributed by atoms with E-state index in [0.29, 0.717) is 5.82 Å². The van der Waals surface area contributed by atoms with E-state index >= 15 is 0 Å². The molecule has 0 amide bonds. The second kappa shape index (κ2) is 4.89. The number of H-pyrrole nitrogens is 1. The molecule has 4 heteroatoms. The summed E-state index contributed by atoms with van der Waals surface area (Å²) in [6.07, 6.45) is 0. The molecule has 0 aliphatic rings. The highest BCUT2D eigenvalue weighted by Crippen LogP contribution is 2.23. The van der Waals surface area contributed by atoms with Crippen LogP contribution in [-0.2, 0) is 6.54 Å². The second-order valence-corrected chi connectivity index (χ2v) is 5.21. The molecule has 0 bridgehead atoms. The van der Waals surface area contributed by atoms with Crippen LogP contribution in [0.25, 0.3) is 10.8 Å². The van der Waals surface area contributed by atoms with E-state index in [9.17, 15) is 0 Å². The fraction of sp³-hybridized carbons (Fsp3) is 0.188. The normalized spacial score (nSPS) is 10.9. The summed E-state index contributed by atoms with van der Waals surface area (Å²) in [6, 6.07) is 14.9. The predicted molar refractivity (Wildman–Crippen MR) is 83.8 cm³/mol. The summed E-state index contributed by atoms with van der Waals surface area (Å²) in [4.78, 5) is 2.17. The van der Waals surface area contributed by atoms with Gasteiger partial charge in [-0.1, -0.05) is 29.8 Å². The molecular formula is C16H18N4. The molecule has 0 aliphatic heterocycles. The lowest BCUT2D eigenvalue weighted by Gasteiger charge is -2.19. The minimum atomic E-state index is 0.530. The van der Waals surface area contributed by atoms with Gasteiger partial charge < -0.3 is 10.6 Å². The van der Waals surface area contributed by atoms with E-state index in [1.54, 1.807) is 0 Å². The van der Waals surface area contributed by atoms with Crippen LogP contribution in [0.5, 0.6) is 0 Å². The Morgan fingerprint density at radius 3 is 2.60 bits per heavy atom. The first-order valence-corrected chi connectivity index (χ1v) is 6.63. The molecule has 20 heavy (non-hydrogen) atoms. The number of nitrogens with zero attached hydrogens (tertiary/aromatic N) is 2. The Bertz CT molecular complexity index is 745. The molecule has 1 heterocycles. The van der Waals surface area contributed by atoms with Crippen LogP contribution in [0.3, 0.4) is 0 Å². The average molecular weight is 266 g/mol. The Morgan fingerprint density at radius 2 is 1.85 bits per heavy atom. The lowest BCUT2D eigenvalue weighted by atomic mass is 10.1. The van der Waals surface area contributed by atoms with Crippen molar-refractivity contribution >= 4 is 22.3 Å². The highest BCUT2D eigenvalue weighted by Gasteiger charge is 2.05. The van der Waals surface area contributed by atoms with E-state index in [2.05, 4.69) is 65.5 Å². The van der Waals surface area contributed by atoms with Crippen LogP contribution in [0.2, 0.25) is 0 Å². The van der Waals surface area contributed by atoms with Crippen LogP contribution in [0.4, 0.5) is 11.5 Å².